The predicted molar refractivity (Wildman–Crippen MR) is 181 cm³/mol. The van der Waals surface area contributed by atoms with Crippen LogP contribution in [0.2, 0.25) is 0 Å². The second kappa shape index (κ2) is 13.0. The molecule has 0 bridgehead atoms. The number of nitrogens with zero attached hydrogens (tertiary/aromatic N) is 2. The summed E-state index contributed by atoms with van der Waals surface area (Å²) in [6.45, 7) is 6.24. The van der Waals surface area contributed by atoms with E-state index in [1.165, 1.54) is 38.4 Å². The third-order valence-electron chi connectivity index (χ3n) is 8.07. The van der Waals surface area contributed by atoms with Gasteiger partial charge in [-0.15, -0.1) is 70.8 Å². The first-order chi connectivity index (χ1) is 21.5. The minimum atomic E-state index is 0. The third kappa shape index (κ3) is 6.08. The van der Waals surface area contributed by atoms with Gasteiger partial charge in [-0.2, -0.15) is 0 Å². The molecule has 0 fully saturated rings. The average molecular weight is 759 g/mol. The second-order valence-corrected chi connectivity index (χ2v) is 11.1. The normalized spacial score (nSPS) is 10.8. The van der Waals surface area contributed by atoms with E-state index in [9.17, 15) is 0 Å². The maximum atomic E-state index is 6.07. The van der Waals surface area contributed by atoms with Crippen LogP contribution in [0.4, 0.5) is 0 Å². The Hall–Kier alpha value is -4.89. The molecule has 0 saturated carbocycles. The quantitative estimate of drug-likeness (QED) is 0.168. The van der Waals surface area contributed by atoms with E-state index in [1.807, 2.05) is 54.9 Å². The van der Waals surface area contributed by atoms with Gasteiger partial charge in [0, 0.05) is 43.3 Å². The molecule has 0 aliphatic carbocycles. The zero-order valence-electron chi connectivity index (χ0n) is 25.3. The molecule has 8 aromatic rings. The zero-order chi connectivity index (χ0) is 30.0. The molecular weight excluding hydrogens is 729 g/mol. The van der Waals surface area contributed by atoms with Crippen molar-refractivity contribution in [1.82, 2.24) is 9.97 Å². The molecule has 221 valence electrons. The monoisotopic (exact) mass is 759 g/mol. The molecule has 0 spiro atoms. The second-order valence-electron chi connectivity index (χ2n) is 11.1. The number of hydrogen-bond donors (Lipinski definition) is 0. The van der Waals surface area contributed by atoms with Crippen molar-refractivity contribution in [3.05, 3.63) is 156 Å². The Bertz CT molecular complexity index is 2250. The van der Waals surface area contributed by atoms with Crippen molar-refractivity contribution in [1.29, 1.82) is 0 Å². The van der Waals surface area contributed by atoms with Gasteiger partial charge in [-0.05, 0) is 65.3 Å². The van der Waals surface area contributed by atoms with E-state index in [-0.39, 0.29) is 20.1 Å². The van der Waals surface area contributed by atoms with Crippen molar-refractivity contribution in [2.45, 2.75) is 20.8 Å². The fourth-order valence-corrected chi connectivity index (χ4v) is 5.57. The van der Waals surface area contributed by atoms with E-state index in [0.29, 0.717) is 0 Å². The van der Waals surface area contributed by atoms with Crippen molar-refractivity contribution in [3.8, 4) is 33.6 Å². The molecule has 0 unspecified atom stereocenters. The Morgan fingerprint density at radius 2 is 1.44 bits per heavy atom. The first-order valence-electron chi connectivity index (χ1n) is 14.7. The third-order valence-corrected chi connectivity index (χ3v) is 8.07. The van der Waals surface area contributed by atoms with Crippen LogP contribution in [0.1, 0.15) is 16.7 Å². The number of pyridine rings is 2. The molecule has 0 saturated heterocycles. The Balaban J connectivity index is 0.000000190. The maximum Gasteiger partial charge on any atom is 0.136 e. The molecule has 8 rings (SSSR count). The number of para-hydroxylation sites is 1. The summed E-state index contributed by atoms with van der Waals surface area (Å²) in [4.78, 5) is 8.88. The summed E-state index contributed by atoms with van der Waals surface area (Å²) in [7, 11) is 0. The van der Waals surface area contributed by atoms with Crippen LogP contribution in [0.5, 0.6) is 0 Å². The van der Waals surface area contributed by atoms with Crippen LogP contribution in [0.15, 0.2) is 132 Å². The molecule has 5 aromatic carbocycles. The molecule has 4 heteroatoms. The zero-order valence-corrected chi connectivity index (χ0v) is 27.7. The molecule has 45 heavy (non-hydrogen) atoms. The summed E-state index contributed by atoms with van der Waals surface area (Å²) in [6, 6.07) is 45.9. The van der Waals surface area contributed by atoms with Crippen molar-refractivity contribution in [3.63, 3.8) is 0 Å². The van der Waals surface area contributed by atoms with E-state index in [1.54, 1.807) is 0 Å². The number of furan rings is 1. The van der Waals surface area contributed by atoms with Crippen molar-refractivity contribution in [2.24, 2.45) is 0 Å². The van der Waals surface area contributed by atoms with Crippen LogP contribution in [-0.4, -0.2) is 9.97 Å². The molecule has 0 N–H and O–H groups in total. The average Bonchev–Trinajstić information content (AvgIpc) is 3.46. The van der Waals surface area contributed by atoms with Gasteiger partial charge in [-0.25, -0.2) is 0 Å². The van der Waals surface area contributed by atoms with Gasteiger partial charge in [-0.1, -0.05) is 73.2 Å². The van der Waals surface area contributed by atoms with Gasteiger partial charge in [0.05, 0.1) is 0 Å². The molecule has 0 atom stereocenters. The minimum Gasteiger partial charge on any atom is -0.456 e. The van der Waals surface area contributed by atoms with Crippen LogP contribution >= 0.6 is 0 Å². The summed E-state index contributed by atoms with van der Waals surface area (Å²) >= 11 is 0. The first kappa shape index (κ1) is 30.1. The molecule has 3 aromatic heterocycles. The Labute approximate surface area is 277 Å². The topological polar surface area (TPSA) is 38.9 Å². The number of benzene rings is 5. The van der Waals surface area contributed by atoms with E-state index in [4.69, 9.17) is 4.42 Å². The summed E-state index contributed by atoms with van der Waals surface area (Å²) < 4.78 is 6.07. The van der Waals surface area contributed by atoms with E-state index in [0.717, 1.165) is 44.6 Å². The summed E-state index contributed by atoms with van der Waals surface area (Å²) in [5.74, 6) is 0. The molecule has 3 heterocycles. The van der Waals surface area contributed by atoms with Crippen LogP contribution in [0.25, 0.3) is 66.4 Å². The van der Waals surface area contributed by atoms with E-state index in [2.05, 4.69) is 116 Å². The molecule has 0 aliphatic heterocycles. The van der Waals surface area contributed by atoms with Gasteiger partial charge >= 0.3 is 0 Å². The molecule has 1 radical (unpaired) electrons. The standard InChI is InChI=1S/C27H16NO.C14H14N.Ir/c1-2-13-25-23(9-1)27-22-11-6-10-20(21(22)14-15-26(27)29-25)18-7-5-8-19(17-18)24-12-3-4-16-28-24;1-10-4-6-13(7-5-10)14-8-11(2)12(3)9-15-14;/h1-7,9-17H;4-6,8-9H,1-3H3;/q2*-1;. The maximum absolute atomic E-state index is 6.07. The van der Waals surface area contributed by atoms with Gasteiger partial charge in [0.1, 0.15) is 11.2 Å². The minimum absolute atomic E-state index is 0. The van der Waals surface area contributed by atoms with Gasteiger partial charge in [0.2, 0.25) is 0 Å². The van der Waals surface area contributed by atoms with Crippen LogP contribution < -0.4 is 0 Å². The van der Waals surface area contributed by atoms with Crippen LogP contribution in [0.3, 0.4) is 0 Å². The summed E-state index contributed by atoms with van der Waals surface area (Å²) in [5, 5.41) is 4.75. The number of rotatable bonds is 3. The largest absolute Gasteiger partial charge is 0.456 e. The van der Waals surface area contributed by atoms with Crippen LogP contribution in [-0.2, 0) is 20.1 Å². The van der Waals surface area contributed by atoms with E-state index < -0.39 is 0 Å². The summed E-state index contributed by atoms with van der Waals surface area (Å²) in [6.07, 6.45) is 3.73. The Morgan fingerprint density at radius 1 is 0.600 bits per heavy atom. The Morgan fingerprint density at radius 3 is 2.24 bits per heavy atom. The van der Waals surface area contributed by atoms with Crippen LogP contribution in [0, 0.1) is 32.9 Å². The fourth-order valence-electron chi connectivity index (χ4n) is 5.57. The molecule has 3 nitrogen and oxygen atoms in total. The summed E-state index contributed by atoms with van der Waals surface area (Å²) in [5.41, 5.74) is 11.9. The van der Waals surface area contributed by atoms with Gasteiger partial charge in [0.25, 0.3) is 0 Å². The van der Waals surface area contributed by atoms with Crippen molar-refractivity contribution >= 4 is 32.7 Å². The molecule has 0 amide bonds. The van der Waals surface area contributed by atoms with Gasteiger partial charge in [-0.3, -0.25) is 0 Å². The van der Waals surface area contributed by atoms with Gasteiger partial charge < -0.3 is 14.4 Å². The first-order valence-corrected chi connectivity index (χ1v) is 14.7. The fraction of sp³-hybridized carbons (Fsp3) is 0.0732. The number of hydrogen-bond acceptors (Lipinski definition) is 3. The Kier molecular flexibility index (Phi) is 8.71. The smallest absolute Gasteiger partial charge is 0.136 e. The number of aromatic nitrogens is 2. The van der Waals surface area contributed by atoms with Crippen molar-refractivity contribution in [2.75, 3.05) is 0 Å². The van der Waals surface area contributed by atoms with Crippen molar-refractivity contribution < 1.29 is 24.5 Å². The number of fused-ring (bicyclic) bond motifs is 5. The van der Waals surface area contributed by atoms with Gasteiger partial charge in [0.15, 0.2) is 0 Å². The predicted octanol–water partition coefficient (Wildman–Crippen LogP) is 10.7. The molecule has 0 aliphatic rings. The van der Waals surface area contributed by atoms with E-state index >= 15 is 0 Å². The number of aryl methyl sites for hydroxylation is 3. The molecular formula is C41H30IrN2O-2. The SMILES string of the molecule is Cc1c[c-]c(-c2cc(C)c(C)cn2)cc1.[Ir].[c-]1ccc(-c2cccc3c2ccc2oc4ccccc4c23)cc1-c1ccccn1.